The highest BCUT2D eigenvalue weighted by Gasteiger charge is 2.13. The quantitative estimate of drug-likeness (QED) is 0.892. The lowest BCUT2D eigenvalue weighted by Crippen LogP contribution is -1.98. The van der Waals surface area contributed by atoms with E-state index in [0.29, 0.717) is 17.2 Å². The van der Waals surface area contributed by atoms with Gasteiger partial charge in [-0.3, -0.25) is 0 Å². The van der Waals surface area contributed by atoms with Gasteiger partial charge in [-0.1, -0.05) is 18.2 Å². The molecule has 0 aliphatic heterocycles. The van der Waals surface area contributed by atoms with E-state index in [1.54, 1.807) is 27.4 Å². The second-order valence-corrected chi connectivity index (χ2v) is 3.90. The van der Waals surface area contributed by atoms with Crippen LogP contribution < -0.4 is 19.5 Å². The molecule has 2 aromatic carbocycles. The van der Waals surface area contributed by atoms with Gasteiger partial charge < -0.3 is 19.5 Å². The molecule has 0 aliphatic carbocycles. The molecule has 0 atom stereocenters. The molecule has 2 aromatic rings. The molecule has 0 saturated heterocycles. The van der Waals surface area contributed by atoms with Crippen molar-refractivity contribution < 1.29 is 14.2 Å². The smallest absolute Gasteiger partial charge is 0.184 e. The molecule has 4 nitrogen and oxygen atoms in total. The molecule has 0 fully saturated rings. The Morgan fingerprint density at radius 1 is 0.842 bits per heavy atom. The molecule has 100 valence electrons. The standard InChI is InChI=1S/C15H17NO3/c1-17-12-9-13(15(19-3)14(10-12)18-2)16-11-7-5-4-6-8-11/h4-10,16H,1-3H3. The molecule has 0 saturated carbocycles. The lowest BCUT2D eigenvalue weighted by Gasteiger charge is -2.16. The maximum atomic E-state index is 5.40. The van der Waals surface area contributed by atoms with Gasteiger partial charge in [0, 0.05) is 17.8 Å². The zero-order valence-electron chi connectivity index (χ0n) is 11.3. The van der Waals surface area contributed by atoms with Crippen LogP contribution in [-0.2, 0) is 0 Å². The third kappa shape index (κ3) is 2.91. The van der Waals surface area contributed by atoms with E-state index in [-0.39, 0.29) is 0 Å². The first-order chi connectivity index (χ1) is 9.28. The number of hydrogen-bond donors (Lipinski definition) is 1. The molecule has 0 amide bonds. The number of nitrogens with one attached hydrogen (secondary N) is 1. The largest absolute Gasteiger partial charge is 0.497 e. The zero-order chi connectivity index (χ0) is 13.7. The minimum absolute atomic E-state index is 0.625. The maximum Gasteiger partial charge on any atom is 0.184 e. The molecule has 4 heteroatoms. The highest BCUT2D eigenvalue weighted by atomic mass is 16.5. The molecule has 0 bridgehead atoms. The first kappa shape index (κ1) is 13.1. The Hall–Kier alpha value is -2.36. The van der Waals surface area contributed by atoms with Gasteiger partial charge in [-0.25, -0.2) is 0 Å². The molecule has 0 radical (unpaired) electrons. The van der Waals surface area contributed by atoms with Gasteiger partial charge in [-0.05, 0) is 12.1 Å². The Kier molecular flexibility index (Phi) is 4.13. The van der Waals surface area contributed by atoms with E-state index in [1.807, 2.05) is 36.4 Å². The normalized spacial score (nSPS) is 9.84. The van der Waals surface area contributed by atoms with Crippen molar-refractivity contribution >= 4 is 11.4 Å². The summed E-state index contributed by atoms with van der Waals surface area (Å²) in [6.07, 6.45) is 0. The highest BCUT2D eigenvalue weighted by molar-refractivity contribution is 5.72. The van der Waals surface area contributed by atoms with Gasteiger partial charge in [0.2, 0.25) is 0 Å². The molecule has 2 rings (SSSR count). The Morgan fingerprint density at radius 3 is 2.16 bits per heavy atom. The average Bonchev–Trinajstić information content (AvgIpc) is 2.47. The van der Waals surface area contributed by atoms with E-state index in [0.717, 1.165) is 11.4 Å². The third-order valence-electron chi connectivity index (χ3n) is 2.74. The fourth-order valence-corrected chi connectivity index (χ4v) is 1.83. The minimum atomic E-state index is 0.625. The lowest BCUT2D eigenvalue weighted by molar-refractivity contribution is 0.350. The van der Waals surface area contributed by atoms with Crippen LogP contribution in [0.5, 0.6) is 17.2 Å². The first-order valence-electron chi connectivity index (χ1n) is 5.90. The van der Waals surface area contributed by atoms with Crippen LogP contribution in [0.4, 0.5) is 11.4 Å². The van der Waals surface area contributed by atoms with E-state index in [4.69, 9.17) is 14.2 Å². The molecule has 0 spiro atoms. The fourth-order valence-electron chi connectivity index (χ4n) is 1.83. The summed E-state index contributed by atoms with van der Waals surface area (Å²) >= 11 is 0. The average molecular weight is 259 g/mol. The number of methoxy groups -OCH3 is 3. The van der Waals surface area contributed by atoms with Crippen LogP contribution in [0.3, 0.4) is 0 Å². The van der Waals surface area contributed by atoms with Crippen molar-refractivity contribution in [3.63, 3.8) is 0 Å². The van der Waals surface area contributed by atoms with Crippen LogP contribution in [0, 0.1) is 0 Å². The minimum Gasteiger partial charge on any atom is -0.497 e. The van der Waals surface area contributed by atoms with Crippen LogP contribution in [0.2, 0.25) is 0 Å². The zero-order valence-corrected chi connectivity index (χ0v) is 11.3. The second kappa shape index (κ2) is 6.00. The number of hydrogen-bond acceptors (Lipinski definition) is 4. The summed E-state index contributed by atoms with van der Waals surface area (Å²) in [6.45, 7) is 0. The van der Waals surface area contributed by atoms with Crippen LogP contribution in [0.25, 0.3) is 0 Å². The molecule has 0 unspecified atom stereocenters. The maximum absolute atomic E-state index is 5.40. The SMILES string of the molecule is COc1cc(Nc2ccccc2)c(OC)c(OC)c1. The summed E-state index contributed by atoms with van der Waals surface area (Å²) < 4.78 is 16.0. The van der Waals surface area contributed by atoms with Gasteiger partial charge in [-0.15, -0.1) is 0 Å². The van der Waals surface area contributed by atoms with Crippen molar-refractivity contribution in [1.82, 2.24) is 0 Å². The summed E-state index contributed by atoms with van der Waals surface area (Å²) in [5.41, 5.74) is 1.76. The number of para-hydroxylation sites is 1. The van der Waals surface area contributed by atoms with Crippen LogP contribution in [0.15, 0.2) is 42.5 Å². The van der Waals surface area contributed by atoms with Crippen molar-refractivity contribution in [2.75, 3.05) is 26.6 Å². The van der Waals surface area contributed by atoms with Crippen molar-refractivity contribution in [3.8, 4) is 17.2 Å². The molecule has 19 heavy (non-hydrogen) atoms. The van der Waals surface area contributed by atoms with Crippen molar-refractivity contribution in [1.29, 1.82) is 0 Å². The number of benzene rings is 2. The van der Waals surface area contributed by atoms with E-state index in [9.17, 15) is 0 Å². The highest BCUT2D eigenvalue weighted by Crippen LogP contribution is 2.40. The topological polar surface area (TPSA) is 39.7 Å². The van der Waals surface area contributed by atoms with Crippen molar-refractivity contribution in [2.45, 2.75) is 0 Å². The number of ether oxygens (including phenoxy) is 3. The number of anilines is 2. The van der Waals surface area contributed by atoms with E-state index < -0.39 is 0 Å². The number of rotatable bonds is 5. The molecular formula is C15H17NO3. The first-order valence-corrected chi connectivity index (χ1v) is 5.90. The molecule has 0 aromatic heterocycles. The lowest BCUT2D eigenvalue weighted by atomic mass is 10.2. The van der Waals surface area contributed by atoms with E-state index in [2.05, 4.69) is 5.32 Å². The summed E-state index contributed by atoms with van der Waals surface area (Å²) in [4.78, 5) is 0. The summed E-state index contributed by atoms with van der Waals surface area (Å²) in [7, 11) is 4.83. The molecule has 0 aliphatic rings. The van der Waals surface area contributed by atoms with Crippen LogP contribution in [-0.4, -0.2) is 21.3 Å². The Morgan fingerprint density at radius 2 is 1.58 bits per heavy atom. The monoisotopic (exact) mass is 259 g/mol. The molecule has 0 heterocycles. The van der Waals surface area contributed by atoms with Crippen LogP contribution >= 0.6 is 0 Å². The van der Waals surface area contributed by atoms with Crippen molar-refractivity contribution in [3.05, 3.63) is 42.5 Å². The summed E-state index contributed by atoms with van der Waals surface area (Å²) in [6, 6.07) is 13.5. The van der Waals surface area contributed by atoms with E-state index in [1.165, 1.54) is 0 Å². The van der Waals surface area contributed by atoms with Gasteiger partial charge in [0.05, 0.1) is 27.0 Å². The Labute approximate surface area is 112 Å². The second-order valence-electron chi connectivity index (χ2n) is 3.90. The third-order valence-corrected chi connectivity index (χ3v) is 2.74. The molecule has 1 N–H and O–H groups in total. The van der Waals surface area contributed by atoms with Gasteiger partial charge in [0.1, 0.15) is 5.75 Å². The predicted octanol–water partition coefficient (Wildman–Crippen LogP) is 3.46. The van der Waals surface area contributed by atoms with Gasteiger partial charge in [0.25, 0.3) is 0 Å². The van der Waals surface area contributed by atoms with Gasteiger partial charge >= 0.3 is 0 Å². The van der Waals surface area contributed by atoms with Crippen molar-refractivity contribution in [2.24, 2.45) is 0 Å². The van der Waals surface area contributed by atoms with E-state index >= 15 is 0 Å². The van der Waals surface area contributed by atoms with Crippen LogP contribution in [0.1, 0.15) is 0 Å². The predicted molar refractivity (Wildman–Crippen MR) is 75.8 cm³/mol. The summed E-state index contributed by atoms with van der Waals surface area (Å²) in [5.74, 6) is 1.98. The van der Waals surface area contributed by atoms with Gasteiger partial charge in [-0.2, -0.15) is 0 Å². The fraction of sp³-hybridized carbons (Fsp3) is 0.200. The van der Waals surface area contributed by atoms with Gasteiger partial charge in [0.15, 0.2) is 11.5 Å². The Bertz CT molecular complexity index is 541. The molecular weight excluding hydrogens is 242 g/mol. The summed E-state index contributed by atoms with van der Waals surface area (Å²) in [5, 5.41) is 3.29. The Balaban J connectivity index is 2.42.